The summed E-state index contributed by atoms with van der Waals surface area (Å²) in [4.78, 5) is 14.5. The average molecular weight is 290 g/mol. The van der Waals surface area contributed by atoms with Crippen LogP contribution in [0, 0.1) is 5.92 Å². The number of nitrogens with two attached hydrogens (primary N) is 1. The first-order chi connectivity index (χ1) is 10.1. The van der Waals surface area contributed by atoms with Gasteiger partial charge in [0.25, 0.3) is 0 Å². The minimum Gasteiger partial charge on any atom is -0.399 e. The summed E-state index contributed by atoms with van der Waals surface area (Å²) in [5, 5.41) is 0. The van der Waals surface area contributed by atoms with Gasteiger partial charge in [0, 0.05) is 31.8 Å². The SMILES string of the molecule is COCCN(C(=O)CCc1cccc(N)c1)C(C)C1CC1. The van der Waals surface area contributed by atoms with Crippen LogP contribution in [-0.4, -0.2) is 37.1 Å². The summed E-state index contributed by atoms with van der Waals surface area (Å²) in [6, 6.07) is 8.09. The van der Waals surface area contributed by atoms with Crippen molar-refractivity contribution in [3.8, 4) is 0 Å². The zero-order valence-corrected chi connectivity index (χ0v) is 13.0. The number of amides is 1. The fourth-order valence-electron chi connectivity index (χ4n) is 2.72. The molecule has 1 fully saturated rings. The van der Waals surface area contributed by atoms with E-state index in [9.17, 15) is 4.79 Å². The van der Waals surface area contributed by atoms with Gasteiger partial charge in [-0.2, -0.15) is 0 Å². The Hall–Kier alpha value is -1.55. The fraction of sp³-hybridized carbons (Fsp3) is 0.588. The maximum Gasteiger partial charge on any atom is 0.223 e. The highest BCUT2D eigenvalue weighted by atomic mass is 16.5. The maximum atomic E-state index is 12.5. The number of carbonyl (C=O) groups is 1. The molecule has 4 heteroatoms. The number of aryl methyl sites for hydroxylation is 1. The lowest BCUT2D eigenvalue weighted by molar-refractivity contribution is -0.134. The predicted octanol–water partition coefficient (Wildman–Crippen LogP) is 2.47. The van der Waals surface area contributed by atoms with Gasteiger partial charge >= 0.3 is 0 Å². The zero-order chi connectivity index (χ0) is 15.2. The van der Waals surface area contributed by atoms with Crippen molar-refractivity contribution in [2.75, 3.05) is 26.0 Å². The first kappa shape index (κ1) is 15.8. The van der Waals surface area contributed by atoms with Crippen LogP contribution in [0.2, 0.25) is 0 Å². The van der Waals surface area contributed by atoms with E-state index in [1.807, 2.05) is 29.2 Å². The fourth-order valence-corrected chi connectivity index (χ4v) is 2.72. The van der Waals surface area contributed by atoms with Crippen LogP contribution in [0.1, 0.15) is 31.7 Å². The second kappa shape index (κ2) is 7.46. The summed E-state index contributed by atoms with van der Waals surface area (Å²) in [6.07, 6.45) is 3.76. The molecule has 2 rings (SSSR count). The lowest BCUT2D eigenvalue weighted by Crippen LogP contribution is -2.42. The number of hydrogen-bond acceptors (Lipinski definition) is 3. The molecule has 1 aromatic rings. The molecule has 21 heavy (non-hydrogen) atoms. The van der Waals surface area contributed by atoms with Gasteiger partial charge in [-0.1, -0.05) is 12.1 Å². The Morgan fingerprint density at radius 2 is 2.24 bits per heavy atom. The summed E-state index contributed by atoms with van der Waals surface area (Å²) in [7, 11) is 1.68. The number of carbonyl (C=O) groups excluding carboxylic acids is 1. The molecule has 2 N–H and O–H groups in total. The molecule has 0 aliphatic heterocycles. The first-order valence-corrected chi connectivity index (χ1v) is 7.74. The molecule has 116 valence electrons. The average Bonchev–Trinajstić information content (AvgIpc) is 3.30. The van der Waals surface area contributed by atoms with E-state index in [-0.39, 0.29) is 5.91 Å². The lowest BCUT2D eigenvalue weighted by Gasteiger charge is -2.29. The predicted molar refractivity (Wildman–Crippen MR) is 85.0 cm³/mol. The van der Waals surface area contributed by atoms with Gasteiger partial charge in [0.1, 0.15) is 0 Å². The third kappa shape index (κ3) is 4.74. The van der Waals surface area contributed by atoms with E-state index in [1.54, 1.807) is 7.11 Å². The van der Waals surface area contributed by atoms with Gasteiger partial charge in [-0.05, 0) is 49.8 Å². The Morgan fingerprint density at radius 3 is 2.86 bits per heavy atom. The van der Waals surface area contributed by atoms with Gasteiger partial charge in [-0.15, -0.1) is 0 Å². The van der Waals surface area contributed by atoms with Crippen molar-refractivity contribution in [1.82, 2.24) is 4.90 Å². The van der Waals surface area contributed by atoms with Gasteiger partial charge in [0.2, 0.25) is 5.91 Å². The number of nitrogen functional groups attached to an aromatic ring is 1. The molecule has 0 aromatic heterocycles. The van der Waals surface area contributed by atoms with Crippen molar-refractivity contribution in [2.24, 2.45) is 5.92 Å². The van der Waals surface area contributed by atoms with Crippen LogP contribution in [0.4, 0.5) is 5.69 Å². The molecule has 1 amide bonds. The highest BCUT2D eigenvalue weighted by Gasteiger charge is 2.33. The summed E-state index contributed by atoms with van der Waals surface area (Å²) < 4.78 is 5.14. The van der Waals surface area contributed by atoms with Crippen LogP contribution >= 0.6 is 0 Å². The monoisotopic (exact) mass is 290 g/mol. The Bertz CT molecular complexity index is 472. The standard InChI is InChI=1S/C17H26N2O2/c1-13(15-7-8-15)19(10-11-21-2)17(20)9-6-14-4-3-5-16(18)12-14/h3-5,12-13,15H,6-11,18H2,1-2H3. The Kier molecular flexibility index (Phi) is 5.62. The number of hydrogen-bond donors (Lipinski definition) is 1. The van der Waals surface area contributed by atoms with E-state index in [0.29, 0.717) is 31.5 Å². The molecular formula is C17H26N2O2. The van der Waals surface area contributed by atoms with Gasteiger partial charge < -0.3 is 15.4 Å². The third-order valence-electron chi connectivity index (χ3n) is 4.23. The third-order valence-corrected chi connectivity index (χ3v) is 4.23. The van der Waals surface area contributed by atoms with Crippen molar-refractivity contribution >= 4 is 11.6 Å². The molecule has 0 bridgehead atoms. The van der Waals surface area contributed by atoms with Crippen LogP contribution in [0.3, 0.4) is 0 Å². The molecule has 4 nitrogen and oxygen atoms in total. The Labute approximate surface area is 127 Å². The number of rotatable bonds is 8. The molecule has 1 aliphatic rings. The molecule has 1 atom stereocenters. The normalized spacial score (nSPS) is 15.7. The lowest BCUT2D eigenvalue weighted by atomic mass is 10.1. The molecular weight excluding hydrogens is 264 g/mol. The van der Waals surface area contributed by atoms with Crippen LogP contribution < -0.4 is 5.73 Å². The van der Waals surface area contributed by atoms with Crippen molar-refractivity contribution in [2.45, 2.75) is 38.6 Å². The molecule has 0 saturated heterocycles. The quantitative estimate of drug-likeness (QED) is 0.748. The van der Waals surface area contributed by atoms with Gasteiger partial charge in [0.15, 0.2) is 0 Å². The van der Waals surface area contributed by atoms with E-state index in [1.165, 1.54) is 12.8 Å². The van der Waals surface area contributed by atoms with Crippen LogP contribution in [0.5, 0.6) is 0 Å². The van der Waals surface area contributed by atoms with E-state index >= 15 is 0 Å². The van der Waals surface area contributed by atoms with Crippen molar-refractivity contribution in [3.05, 3.63) is 29.8 Å². The molecule has 0 radical (unpaired) electrons. The topological polar surface area (TPSA) is 55.6 Å². The van der Waals surface area contributed by atoms with Crippen molar-refractivity contribution < 1.29 is 9.53 Å². The van der Waals surface area contributed by atoms with Gasteiger partial charge in [-0.3, -0.25) is 4.79 Å². The summed E-state index contributed by atoms with van der Waals surface area (Å²) in [5.41, 5.74) is 7.65. The first-order valence-electron chi connectivity index (χ1n) is 7.74. The van der Waals surface area contributed by atoms with Crippen LogP contribution in [0.25, 0.3) is 0 Å². The number of methoxy groups -OCH3 is 1. The largest absolute Gasteiger partial charge is 0.399 e. The smallest absolute Gasteiger partial charge is 0.223 e. The molecule has 0 spiro atoms. The van der Waals surface area contributed by atoms with Gasteiger partial charge in [0.05, 0.1) is 6.61 Å². The molecule has 1 saturated carbocycles. The Balaban J connectivity index is 1.90. The number of ether oxygens (including phenoxy) is 1. The summed E-state index contributed by atoms with van der Waals surface area (Å²) in [5.74, 6) is 0.895. The molecule has 1 unspecified atom stereocenters. The molecule has 1 aromatic carbocycles. The second-order valence-corrected chi connectivity index (χ2v) is 5.90. The minimum atomic E-state index is 0.217. The number of benzene rings is 1. The van der Waals surface area contributed by atoms with E-state index in [0.717, 1.165) is 17.7 Å². The molecule has 1 aliphatic carbocycles. The van der Waals surface area contributed by atoms with Crippen LogP contribution in [0.15, 0.2) is 24.3 Å². The second-order valence-electron chi connectivity index (χ2n) is 5.90. The zero-order valence-electron chi connectivity index (χ0n) is 13.0. The van der Waals surface area contributed by atoms with Gasteiger partial charge in [-0.25, -0.2) is 0 Å². The van der Waals surface area contributed by atoms with E-state index in [2.05, 4.69) is 6.92 Å². The van der Waals surface area contributed by atoms with E-state index in [4.69, 9.17) is 10.5 Å². The van der Waals surface area contributed by atoms with Crippen molar-refractivity contribution in [3.63, 3.8) is 0 Å². The van der Waals surface area contributed by atoms with E-state index < -0.39 is 0 Å². The highest BCUT2D eigenvalue weighted by Crippen LogP contribution is 2.35. The number of nitrogens with zero attached hydrogens (tertiary/aromatic N) is 1. The Morgan fingerprint density at radius 1 is 1.48 bits per heavy atom. The maximum absolute atomic E-state index is 12.5. The molecule has 0 heterocycles. The van der Waals surface area contributed by atoms with Crippen molar-refractivity contribution in [1.29, 1.82) is 0 Å². The number of anilines is 1. The summed E-state index contributed by atoms with van der Waals surface area (Å²) >= 11 is 0. The highest BCUT2D eigenvalue weighted by molar-refractivity contribution is 5.77. The summed E-state index contributed by atoms with van der Waals surface area (Å²) in [6.45, 7) is 3.44. The van der Waals surface area contributed by atoms with Crippen LogP contribution in [-0.2, 0) is 16.0 Å². The minimum absolute atomic E-state index is 0.217.